The third-order valence-electron chi connectivity index (χ3n) is 9.77. The standard InChI is InChI=1S/C39H51N3O6S/c1-5-6-23-49-38(29-21-19-28(20-22-29)27-15-11-10-12-16-27)25-32-33(43)41-39(35(45)46)24-30(39)17-13-8-7-9-14-18-31(34(44)42(32)26-38)40-36(47)48-37(2,3)4/h10-13,15-17,19-22,30-32H,5-9,14,18,23-26H2,1-4H3,(H,40,47)(H,41,43)(H,45,46)/b17-13-/t30-,31+,32+,38+,39-/m1/s1. The van der Waals surface area contributed by atoms with Gasteiger partial charge < -0.3 is 25.4 Å². The molecule has 0 spiro atoms. The number of aliphatic carboxylic acids is 1. The Morgan fingerprint density at radius 2 is 1.73 bits per heavy atom. The predicted octanol–water partition coefficient (Wildman–Crippen LogP) is 7.06. The van der Waals surface area contributed by atoms with E-state index in [9.17, 15) is 24.3 Å². The van der Waals surface area contributed by atoms with Crippen LogP contribution in [0.1, 0.15) is 91.0 Å². The van der Waals surface area contributed by atoms with Crippen LogP contribution < -0.4 is 10.6 Å². The maximum absolute atomic E-state index is 14.6. The largest absolute Gasteiger partial charge is 0.479 e. The summed E-state index contributed by atoms with van der Waals surface area (Å²) in [5.74, 6) is -1.37. The maximum atomic E-state index is 14.6. The average molecular weight is 690 g/mol. The molecule has 3 amide bonds. The van der Waals surface area contributed by atoms with E-state index in [1.54, 1.807) is 37.4 Å². The van der Waals surface area contributed by atoms with Crippen molar-refractivity contribution in [1.82, 2.24) is 15.5 Å². The lowest BCUT2D eigenvalue weighted by Gasteiger charge is -2.32. The minimum absolute atomic E-state index is 0.249. The lowest BCUT2D eigenvalue weighted by atomic mass is 9.93. The SMILES string of the molecule is CCCCS[C@@]1(c2ccc(-c3ccccc3)cc2)C[C@H]2C(=O)N[C@]3(C(=O)O)C[C@H]3/C=C\CCCCC[C@H](NC(=O)OC(C)(C)C)C(=O)N2C1. The van der Waals surface area contributed by atoms with Crippen LogP contribution in [0.5, 0.6) is 0 Å². The summed E-state index contributed by atoms with van der Waals surface area (Å²) < 4.78 is 4.93. The normalized spacial score (nSPS) is 28.2. The Hall–Kier alpha value is -3.79. The Labute approximate surface area is 294 Å². The first-order valence-electron chi connectivity index (χ1n) is 17.7. The van der Waals surface area contributed by atoms with Gasteiger partial charge >= 0.3 is 12.1 Å². The van der Waals surface area contributed by atoms with Gasteiger partial charge in [0.25, 0.3) is 0 Å². The first-order chi connectivity index (χ1) is 23.4. The van der Waals surface area contributed by atoms with Crippen molar-refractivity contribution in [1.29, 1.82) is 0 Å². The van der Waals surface area contributed by atoms with E-state index in [0.717, 1.165) is 54.5 Å². The molecule has 0 unspecified atom stereocenters. The number of benzene rings is 2. The van der Waals surface area contributed by atoms with Crippen LogP contribution in [0, 0.1) is 5.92 Å². The van der Waals surface area contributed by atoms with Gasteiger partial charge in [0, 0.05) is 12.5 Å². The van der Waals surface area contributed by atoms with Crippen molar-refractivity contribution in [3.63, 3.8) is 0 Å². The highest BCUT2D eigenvalue weighted by atomic mass is 32.2. The van der Waals surface area contributed by atoms with Crippen molar-refractivity contribution in [2.24, 2.45) is 5.92 Å². The molecular weight excluding hydrogens is 639 g/mol. The number of allylic oxidation sites excluding steroid dienone is 1. The van der Waals surface area contributed by atoms with Gasteiger partial charge in [-0.1, -0.05) is 92.9 Å². The molecule has 3 aliphatic rings. The Kier molecular flexibility index (Phi) is 11.5. The van der Waals surface area contributed by atoms with Gasteiger partial charge in [-0.3, -0.25) is 9.59 Å². The summed E-state index contributed by atoms with van der Waals surface area (Å²) in [5, 5.41) is 16.0. The number of carboxylic acids is 1. The van der Waals surface area contributed by atoms with E-state index < -0.39 is 45.9 Å². The second-order valence-electron chi connectivity index (χ2n) is 14.7. The van der Waals surface area contributed by atoms with E-state index in [4.69, 9.17) is 4.74 Å². The monoisotopic (exact) mass is 689 g/mol. The molecule has 1 aliphatic carbocycles. The van der Waals surface area contributed by atoms with Gasteiger partial charge in [0.15, 0.2) is 0 Å². The van der Waals surface area contributed by atoms with E-state index in [2.05, 4.69) is 54.0 Å². The molecule has 0 radical (unpaired) electrons. The minimum atomic E-state index is -1.39. The third kappa shape index (κ3) is 8.69. The molecule has 0 bridgehead atoms. The number of thioether (sulfide) groups is 1. The lowest BCUT2D eigenvalue weighted by molar-refractivity contribution is -0.145. The Morgan fingerprint density at radius 3 is 2.41 bits per heavy atom. The van der Waals surface area contributed by atoms with E-state index in [0.29, 0.717) is 25.7 Å². The average Bonchev–Trinajstić information content (AvgIpc) is 3.62. The molecule has 1 saturated carbocycles. The number of ether oxygens (including phenoxy) is 1. The quantitative estimate of drug-likeness (QED) is 0.200. The van der Waals surface area contributed by atoms with E-state index >= 15 is 0 Å². The molecule has 1 saturated heterocycles. The fourth-order valence-electron chi connectivity index (χ4n) is 6.97. The fourth-order valence-corrected chi connectivity index (χ4v) is 8.60. The van der Waals surface area contributed by atoms with Crippen LogP contribution in [0.3, 0.4) is 0 Å². The number of alkyl carbamates (subject to hydrolysis) is 1. The second kappa shape index (κ2) is 15.4. The maximum Gasteiger partial charge on any atom is 0.408 e. The molecule has 2 aromatic carbocycles. The van der Waals surface area contributed by atoms with Gasteiger partial charge in [-0.15, -0.1) is 11.8 Å². The fraction of sp³-hybridized carbons (Fsp3) is 0.538. The number of rotatable bonds is 8. The zero-order valence-electron chi connectivity index (χ0n) is 29.2. The molecule has 264 valence electrons. The number of amides is 3. The summed E-state index contributed by atoms with van der Waals surface area (Å²) in [4.78, 5) is 56.2. The Morgan fingerprint density at radius 1 is 1.02 bits per heavy atom. The molecule has 2 aromatic rings. The molecular formula is C39H51N3O6S. The summed E-state index contributed by atoms with van der Waals surface area (Å²) in [5.41, 5.74) is 1.02. The van der Waals surface area contributed by atoms with Crippen molar-refractivity contribution in [3.8, 4) is 11.1 Å². The Bertz CT molecular complexity index is 1520. The summed E-state index contributed by atoms with van der Waals surface area (Å²) in [6.07, 6.45) is 9.40. The predicted molar refractivity (Wildman–Crippen MR) is 193 cm³/mol. The van der Waals surface area contributed by atoms with Gasteiger partial charge in [0.2, 0.25) is 11.8 Å². The smallest absolute Gasteiger partial charge is 0.408 e. The topological polar surface area (TPSA) is 125 Å². The molecule has 49 heavy (non-hydrogen) atoms. The van der Waals surface area contributed by atoms with Gasteiger partial charge in [-0.05, 0) is 81.7 Å². The van der Waals surface area contributed by atoms with Crippen LogP contribution in [0.25, 0.3) is 11.1 Å². The second-order valence-corrected chi connectivity index (χ2v) is 16.1. The van der Waals surface area contributed by atoms with Gasteiger partial charge in [-0.2, -0.15) is 0 Å². The molecule has 3 N–H and O–H groups in total. The Balaban J connectivity index is 1.53. The molecule has 2 heterocycles. The first-order valence-corrected chi connectivity index (χ1v) is 18.7. The highest BCUT2D eigenvalue weighted by molar-refractivity contribution is 8.00. The van der Waals surface area contributed by atoms with E-state index in [-0.39, 0.29) is 18.4 Å². The number of carbonyl (C=O) groups is 4. The minimum Gasteiger partial charge on any atom is -0.479 e. The lowest BCUT2D eigenvalue weighted by Crippen LogP contribution is -2.56. The molecule has 2 aliphatic heterocycles. The van der Waals surface area contributed by atoms with Crippen molar-refractivity contribution in [2.45, 2.75) is 113 Å². The highest BCUT2D eigenvalue weighted by Gasteiger charge is 2.62. The number of carbonyl (C=O) groups excluding carboxylic acids is 3. The number of nitrogens with zero attached hydrogens (tertiary/aromatic N) is 1. The van der Waals surface area contributed by atoms with Gasteiger partial charge in [0.1, 0.15) is 23.2 Å². The van der Waals surface area contributed by atoms with Crippen LogP contribution in [-0.2, 0) is 23.9 Å². The number of fused-ring (bicyclic) bond motifs is 2. The number of unbranched alkanes of at least 4 members (excludes halogenated alkanes) is 1. The van der Waals surface area contributed by atoms with Crippen molar-refractivity contribution < 1.29 is 29.0 Å². The molecule has 5 atom stereocenters. The van der Waals surface area contributed by atoms with Crippen LogP contribution in [0.4, 0.5) is 4.79 Å². The van der Waals surface area contributed by atoms with Crippen molar-refractivity contribution in [2.75, 3.05) is 12.3 Å². The van der Waals surface area contributed by atoms with Gasteiger partial charge in [0.05, 0.1) is 4.75 Å². The van der Waals surface area contributed by atoms with E-state index in [1.165, 1.54) is 0 Å². The molecule has 0 aromatic heterocycles. The van der Waals surface area contributed by atoms with E-state index in [1.807, 2.05) is 30.4 Å². The zero-order chi connectivity index (χ0) is 35.2. The van der Waals surface area contributed by atoms with Gasteiger partial charge in [-0.25, -0.2) is 9.59 Å². The van der Waals surface area contributed by atoms with Crippen molar-refractivity contribution >= 4 is 35.6 Å². The third-order valence-corrected chi connectivity index (χ3v) is 11.3. The summed E-state index contributed by atoms with van der Waals surface area (Å²) in [7, 11) is 0. The molecule has 9 nitrogen and oxygen atoms in total. The molecule has 10 heteroatoms. The van der Waals surface area contributed by atoms with Crippen molar-refractivity contribution in [3.05, 3.63) is 72.3 Å². The number of nitrogens with one attached hydrogen (secondary N) is 2. The van der Waals surface area contributed by atoms with Crippen LogP contribution in [0.15, 0.2) is 66.7 Å². The van der Waals surface area contributed by atoms with Crippen LogP contribution in [-0.4, -0.2) is 69.4 Å². The summed E-state index contributed by atoms with van der Waals surface area (Å²) >= 11 is 1.75. The molecule has 2 fully saturated rings. The zero-order valence-corrected chi connectivity index (χ0v) is 30.0. The number of hydrogen-bond acceptors (Lipinski definition) is 6. The van der Waals surface area contributed by atoms with Crippen LogP contribution >= 0.6 is 11.8 Å². The molecule has 5 rings (SSSR count). The first kappa shape index (κ1) is 36.5. The highest BCUT2D eigenvalue weighted by Crippen LogP contribution is 2.50. The summed E-state index contributed by atoms with van der Waals surface area (Å²) in [6.45, 7) is 7.70. The van der Waals surface area contributed by atoms with Crippen LogP contribution in [0.2, 0.25) is 0 Å². The number of hydrogen-bond donors (Lipinski definition) is 3. The summed E-state index contributed by atoms with van der Waals surface area (Å²) in [6, 6.07) is 16.6. The number of carboxylic acid groups (broad SMARTS) is 1.